The molecule has 2 rings (SSSR count). The van der Waals surface area contributed by atoms with E-state index in [1.807, 2.05) is 12.1 Å². The molecule has 112 valence electrons. The van der Waals surface area contributed by atoms with Gasteiger partial charge < -0.3 is 9.84 Å². The molecule has 0 aliphatic rings. The Morgan fingerprint density at radius 2 is 1.71 bits per heavy atom. The van der Waals surface area contributed by atoms with E-state index in [0.717, 1.165) is 11.3 Å². The van der Waals surface area contributed by atoms with Crippen LogP contribution in [0.25, 0.3) is 0 Å². The molecule has 0 heterocycles. The number of thioether (sulfide) groups is 1. The number of rotatable bonds is 6. The average molecular weight is 302 g/mol. The van der Waals surface area contributed by atoms with Gasteiger partial charge in [-0.15, -0.1) is 11.8 Å². The van der Waals surface area contributed by atoms with Gasteiger partial charge in [-0.25, -0.2) is 0 Å². The number of aryl methyl sites for hydroxylation is 2. The minimum Gasteiger partial charge on any atom is -0.496 e. The molecular weight excluding hydrogens is 280 g/mol. The SMILES string of the molecule is COc1ccc(C)cc1CC(O)CSc1ccc(C)cc1. The maximum atomic E-state index is 10.3. The van der Waals surface area contributed by atoms with E-state index in [1.54, 1.807) is 18.9 Å². The Labute approximate surface area is 131 Å². The lowest BCUT2D eigenvalue weighted by Gasteiger charge is -2.14. The molecule has 0 saturated carbocycles. The number of methoxy groups -OCH3 is 1. The molecule has 0 radical (unpaired) electrons. The summed E-state index contributed by atoms with van der Waals surface area (Å²) in [5.74, 6) is 1.53. The normalized spacial score (nSPS) is 12.2. The molecule has 0 amide bonds. The van der Waals surface area contributed by atoms with Crippen molar-refractivity contribution in [3.63, 3.8) is 0 Å². The maximum Gasteiger partial charge on any atom is 0.122 e. The summed E-state index contributed by atoms with van der Waals surface area (Å²) in [7, 11) is 1.67. The van der Waals surface area contributed by atoms with Crippen molar-refractivity contribution in [3.8, 4) is 5.75 Å². The second-order valence-electron chi connectivity index (χ2n) is 5.30. The Morgan fingerprint density at radius 3 is 2.38 bits per heavy atom. The molecule has 3 heteroatoms. The third-order valence-electron chi connectivity index (χ3n) is 3.35. The molecule has 0 spiro atoms. The number of benzene rings is 2. The second kappa shape index (κ2) is 7.53. The monoisotopic (exact) mass is 302 g/mol. The van der Waals surface area contributed by atoms with Crippen LogP contribution >= 0.6 is 11.8 Å². The van der Waals surface area contributed by atoms with E-state index in [9.17, 15) is 5.11 Å². The van der Waals surface area contributed by atoms with E-state index >= 15 is 0 Å². The lowest BCUT2D eigenvalue weighted by molar-refractivity contribution is 0.198. The molecule has 0 bridgehead atoms. The zero-order valence-electron chi connectivity index (χ0n) is 12.8. The predicted molar refractivity (Wildman–Crippen MR) is 89.3 cm³/mol. The van der Waals surface area contributed by atoms with E-state index in [0.29, 0.717) is 12.2 Å². The first-order chi connectivity index (χ1) is 10.1. The van der Waals surface area contributed by atoms with Crippen molar-refractivity contribution in [1.29, 1.82) is 0 Å². The molecule has 2 aromatic rings. The number of aliphatic hydroxyl groups excluding tert-OH is 1. The van der Waals surface area contributed by atoms with Crippen LogP contribution in [0.2, 0.25) is 0 Å². The predicted octanol–water partition coefficient (Wildman–Crippen LogP) is 4.01. The highest BCUT2D eigenvalue weighted by molar-refractivity contribution is 7.99. The third-order valence-corrected chi connectivity index (χ3v) is 4.51. The molecule has 0 aliphatic heterocycles. The van der Waals surface area contributed by atoms with Crippen LogP contribution in [0.1, 0.15) is 16.7 Å². The minimum absolute atomic E-state index is 0.382. The van der Waals surface area contributed by atoms with Gasteiger partial charge in [0, 0.05) is 17.1 Å². The Morgan fingerprint density at radius 1 is 1.05 bits per heavy atom. The maximum absolute atomic E-state index is 10.3. The van der Waals surface area contributed by atoms with Gasteiger partial charge in [0.15, 0.2) is 0 Å². The van der Waals surface area contributed by atoms with Crippen molar-refractivity contribution in [2.24, 2.45) is 0 Å². The lowest BCUT2D eigenvalue weighted by Crippen LogP contribution is -2.14. The Balaban J connectivity index is 1.94. The van der Waals surface area contributed by atoms with Crippen molar-refractivity contribution >= 4 is 11.8 Å². The van der Waals surface area contributed by atoms with Crippen LogP contribution < -0.4 is 4.74 Å². The highest BCUT2D eigenvalue weighted by atomic mass is 32.2. The number of ether oxygens (including phenoxy) is 1. The molecule has 2 nitrogen and oxygen atoms in total. The first-order valence-electron chi connectivity index (χ1n) is 7.09. The Hall–Kier alpha value is -1.45. The topological polar surface area (TPSA) is 29.5 Å². The van der Waals surface area contributed by atoms with Crippen molar-refractivity contribution in [3.05, 3.63) is 59.2 Å². The van der Waals surface area contributed by atoms with E-state index in [4.69, 9.17) is 4.74 Å². The van der Waals surface area contributed by atoms with Crippen LogP contribution in [0, 0.1) is 13.8 Å². The zero-order valence-corrected chi connectivity index (χ0v) is 13.6. The highest BCUT2D eigenvalue weighted by Gasteiger charge is 2.11. The molecule has 2 aromatic carbocycles. The van der Waals surface area contributed by atoms with Crippen molar-refractivity contribution < 1.29 is 9.84 Å². The third kappa shape index (κ3) is 4.80. The smallest absolute Gasteiger partial charge is 0.122 e. The van der Waals surface area contributed by atoms with Gasteiger partial charge in [-0.05, 0) is 37.6 Å². The summed E-state index contributed by atoms with van der Waals surface area (Å²) >= 11 is 1.68. The number of aliphatic hydroxyl groups is 1. The van der Waals surface area contributed by atoms with Gasteiger partial charge >= 0.3 is 0 Å². The van der Waals surface area contributed by atoms with Crippen molar-refractivity contribution in [2.75, 3.05) is 12.9 Å². The molecule has 0 aromatic heterocycles. The van der Waals surface area contributed by atoms with E-state index in [1.165, 1.54) is 16.0 Å². The van der Waals surface area contributed by atoms with Gasteiger partial charge in [0.05, 0.1) is 13.2 Å². The van der Waals surface area contributed by atoms with Crippen LogP contribution in [-0.4, -0.2) is 24.1 Å². The summed E-state index contributed by atoms with van der Waals surface area (Å²) < 4.78 is 5.36. The first kappa shape index (κ1) is 15.9. The van der Waals surface area contributed by atoms with Gasteiger partial charge in [0.2, 0.25) is 0 Å². The van der Waals surface area contributed by atoms with Crippen molar-refractivity contribution in [1.82, 2.24) is 0 Å². The molecule has 0 fully saturated rings. The van der Waals surface area contributed by atoms with Crippen LogP contribution in [0.15, 0.2) is 47.4 Å². The minimum atomic E-state index is -0.382. The van der Waals surface area contributed by atoms with Crippen molar-refractivity contribution in [2.45, 2.75) is 31.3 Å². The van der Waals surface area contributed by atoms with E-state index in [-0.39, 0.29) is 6.10 Å². The Kier molecular flexibility index (Phi) is 5.71. The number of hydrogen-bond donors (Lipinski definition) is 1. The quantitative estimate of drug-likeness (QED) is 0.818. The molecule has 21 heavy (non-hydrogen) atoms. The molecule has 1 unspecified atom stereocenters. The summed E-state index contributed by atoms with van der Waals surface area (Å²) in [4.78, 5) is 1.19. The number of hydrogen-bond acceptors (Lipinski definition) is 3. The highest BCUT2D eigenvalue weighted by Crippen LogP contribution is 2.24. The lowest BCUT2D eigenvalue weighted by atomic mass is 10.0. The molecule has 0 saturated heterocycles. The summed E-state index contributed by atoms with van der Waals surface area (Å²) in [5.41, 5.74) is 3.50. The summed E-state index contributed by atoms with van der Waals surface area (Å²) in [6.07, 6.45) is 0.232. The van der Waals surface area contributed by atoms with Crippen LogP contribution in [0.3, 0.4) is 0 Å². The first-order valence-corrected chi connectivity index (χ1v) is 8.08. The zero-order chi connectivity index (χ0) is 15.2. The molecule has 0 aliphatic carbocycles. The standard InChI is InChI=1S/C18H22O2S/c1-13-4-7-17(8-5-13)21-12-16(19)11-15-10-14(2)6-9-18(15)20-3/h4-10,16,19H,11-12H2,1-3H3. The second-order valence-corrected chi connectivity index (χ2v) is 6.39. The van der Waals surface area contributed by atoms with Crippen LogP contribution in [0.4, 0.5) is 0 Å². The van der Waals surface area contributed by atoms with Gasteiger partial charge in [0.25, 0.3) is 0 Å². The fourth-order valence-electron chi connectivity index (χ4n) is 2.21. The summed E-state index contributed by atoms with van der Waals surface area (Å²) in [6, 6.07) is 14.5. The average Bonchev–Trinajstić information content (AvgIpc) is 2.47. The molecule has 1 N–H and O–H groups in total. The van der Waals surface area contributed by atoms with E-state index in [2.05, 4.69) is 44.2 Å². The molecule has 1 atom stereocenters. The Bertz CT molecular complexity index is 578. The van der Waals surface area contributed by atoms with Gasteiger partial charge in [0.1, 0.15) is 5.75 Å². The largest absolute Gasteiger partial charge is 0.496 e. The molecular formula is C18H22O2S. The van der Waals surface area contributed by atoms with Crippen LogP contribution in [-0.2, 0) is 6.42 Å². The van der Waals surface area contributed by atoms with Crippen LogP contribution in [0.5, 0.6) is 5.75 Å². The summed E-state index contributed by atoms with van der Waals surface area (Å²) in [6.45, 7) is 4.13. The fraction of sp³-hybridized carbons (Fsp3) is 0.333. The van der Waals surface area contributed by atoms with Gasteiger partial charge in [-0.3, -0.25) is 0 Å². The summed E-state index contributed by atoms with van der Waals surface area (Å²) in [5, 5.41) is 10.3. The van der Waals surface area contributed by atoms with Gasteiger partial charge in [-0.1, -0.05) is 35.4 Å². The van der Waals surface area contributed by atoms with E-state index < -0.39 is 0 Å². The fourth-order valence-corrected chi connectivity index (χ4v) is 3.04. The van der Waals surface area contributed by atoms with Gasteiger partial charge in [-0.2, -0.15) is 0 Å².